The molecule has 0 fully saturated rings. The smallest absolute Gasteiger partial charge is 0.313 e. The van der Waals surface area contributed by atoms with Gasteiger partial charge < -0.3 is 4.74 Å². The highest BCUT2D eigenvalue weighted by Crippen LogP contribution is 2.27. The molecule has 21 heavy (non-hydrogen) atoms. The molecule has 0 saturated carbocycles. The summed E-state index contributed by atoms with van der Waals surface area (Å²) in [7, 11) is 1.34. The third kappa shape index (κ3) is 4.85. The van der Waals surface area contributed by atoms with Gasteiger partial charge in [0.15, 0.2) is 0 Å². The van der Waals surface area contributed by atoms with Gasteiger partial charge in [-0.05, 0) is 23.6 Å². The van der Waals surface area contributed by atoms with Crippen molar-refractivity contribution in [2.24, 2.45) is 11.8 Å². The third-order valence-electron chi connectivity index (χ3n) is 4.17. The maximum Gasteiger partial charge on any atom is 0.313 e. The van der Waals surface area contributed by atoms with Crippen molar-refractivity contribution >= 4 is 23.4 Å². The number of rotatable bonds is 7. The van der Waals surface area contributed by atoms with Crippen molar-refractivity contribution in [2.75, 3.05) is 7.11 Å². The van der Waals surface area contributed by atoms with Crippen LogP contribution in [0.25, 0.3) is 0 Å². The molecular formula is C17H23ClO3. The van der Waals surface area contributed by atoms with Crippen LogP contribution in [0, 0.1) is 11.8 Å². The first-order valence-corrected chi connectivity index (χ1v) is 7.64. The fraction of sp³-hybridized carbons (Fsp3) is 0.529. The lowest BCUT2D eigenvalue weighted by molar-refractivity contribution is -0.144. The van der Waals surface area contributed by atoms with Crippen LogP contribution in [0.3, 0.4) is 0 Å². The number of ketones is 1. The number of hydrogen-bond donors (Lipinski definition) is 0. The first-order valence-electron chi connectivity index (χ1n) is 7.26. The zero-order valence-corrected chi connectivity index (χ0v) is 13.8. The summed E-state index contributed by atoms with van der Waals surface area (Å²) in [4.78, 5) is 24.4. The van der Waals surface area contributed by atoms with Crippen LogP contribution in [-0.2, 0) is 14.3 Å². The Kier molecular flexibility index (Phi) is 6.90. The van der Waals surface area contributed by atoms with Gasteiger partial charge in [0.05, 0.1) is 13.0 Å². The maximum absolute atomic E-state index is 12.4. The molecule has 1 aromatic rings. The molecule has 0 bridgehead atoms. The molecule has 0 aliphatic rings. The third-order valence-corrected chi connectivity index (χ3v) is 4.42. The first kappa shape index (κ1) is 17.7. The second-order valence-corrected chi connectivity index (χ2v) is 5.91. The highest BCUT2D eigenvalue weighted by molar-refractivity contribution is 6.30. The highest BCUT2D eigenvalue weighted by atomic mass is 35.5. The minimum atomic E-state index is -0.564. The van der Waals surface area contributed by atoms with Crippen molar-refractivity contribution in [1.29, 1.82) is 0 Å². The molecule has 0 aliphatic heterocycles. The Morgan fingerprint density at radius 3 is 2.24 bits per heavy atom. The van der Waals surface area contributed by atoms with E-state index in [1.165, 1.54) is 7.11 Å². The molecule has 3 atom stereocenters. The Morgan fingerprint density at radius 2 is 1.76 bits per heavy atom. The number of Topliss-reactive ketones (excluding diaryl/α,β-unsaturated/α-hetero) is 1. The molecular weight excluding hydrogens is 288 g/mol. The van der Waals surface area contributed by atoms with Crippen molar-refractivity contribution < 1.29 is 14.3 Å². The van der Waals surface area contributed by atoms with Crippen molar-refractivity contribution in [1.82, 2.24) is 0 Å². The van der Waals surface area contributed by atoms with E-state index in [0.29, 0.717) is 10.9 Å². The molecule has 0 amide bonds. The molecule has 0 unspecified atom stereocenters. The van der Waals surface area contributed by atoms with Gasteiger partial charge in [-0.25, -0.2) is 0 Å². The van der Waals surface area contributed by atoms with E-state index in [-0.39, 0.29) is 24.1 Å². The van der Waals surface area contributed by atoms with E-state index in [4.69, 9.17) is 16.3 Å². The summed E-state index contributed by atoms with van der Waals surface area (Å²) in [5.74, 6) is -0.613. The number of halogens is 1. The number of carbonyl (C=O) groups excluding carboxylic acids is 2. The summed E-state index contributed by atoms with van der Waals surface area (Å²) in [6.45, 7) is 6.04. The van der Waals surface area contributed by atoms with Gasteiger partial charge in [0.2, 0.25) is 0 Å². The van der Waals surface area contributed by atoms with E-state index < -0.39 is 5.92 Å². The van der Waals surface area contributed by atoms with Crippen LogP contribution in [0.1, 0.15) is 45.1 Å². The van der Waals surface area contributed by atoms with E-state index in [0.717, 1.165) is 12.0 Å². The lowest BCUT2D eigenvalue weighted by atomic mass is 9.84. The normalized spacial score (nSPS) is 15.1. The van der Waals surface area contributed by atoms with Crippen molar-refractivity contribution in [2.45, 2.75) is 39.5 Å². The monoisotopic (exact) mass is 310 g/mol. The topological polar surface area (TPSA) is 43.4 Å². The van der Waals surface area contributed by atoms with Crippen LogP contribution in [0.15, 0.2) is 24.3 Å². The summed E-state index contributed by atoms with van der Waals surface area (Å²) in [6, 6.07) is 6.97. The van der Waals surface area contributed by atoms with Gasteiger partial charge in [0.25, 0.3) is 0 Å². The largest absolute Gasteiger partial charge is 0.469 e. The van der Waals surface area contributed by atoms with Gasteiger partial charge in [0.1, 0.15) is 5.78 Å². The predicted molar refractivity (Wildman–Crippen MR) is 84.5 cm³/mol. The average Bonchev–Trinajstić information content (AvgIpc) is 2.51. The van der Waals surface area contributed by atoms with Gasteiger partial charge in [-0.2, -0.15) is 0 Å². The van der Waals surface area contributed by atoms with Crippen LogP contribution < -0.4 is 0 Å². The molecule has 0 N–H and O–H groups in total. The number of hydrogen-bond acceptors (Lipinski definition) is 3. The molecule has 1 rings (SSSR count). The zero-order valence-electron chi connectivity index (χ0n) is 13.1. The number of carbonyl (C=O) groups is 2. The molecule has 0 spiro atoms. The predicted octanol–water partition coefficient (Wildman–Crippen LogP) is 4.24. The second-order valence-electron chi connectivity index (χ2n) is 5.47. The number of methoxy groups -OCH3 is 1. The molecule has 0 saturated heterocycles. The molecule has 0 radical (unpaired) electrons. The standard InChI is InChI=1S/C17H23ClO3/c1-5-11(2)12(3)16(19)10-15(17(20)21-4)13-6-8-14(18)9-7-13/h6-9,11-12,15H,5,10H2,1-4H3/t11-,12-,15-/m0/s1. The minimum absolute atomic E-state index is 0.0607. The highest BCUT2D eigenvalue weighted by Gasteiger charge is 2.28. The Bertz CT molecular complexity index is 481. The first-order chi connectivity index (χ1) is 9.90. The minimum Gasteiger partial charge on any atom is -0.469 e. The summed E-state index contributed by atoms with van der Waals surface area (Å²) >= 11 is 5.86. The fourth-order valence-corrected chi connectivity index (χ4v) is 2.36. The average molecular weight is 311 g/mol. The molecule has 4 heteroatoms. The molecule has 0 heterocycles. The van der Waals surface area contributed by atoms with Crippen LogP contribution in [0.2, 0.25) is 5.02 Å². The summed E-state index contributed by atoms with van der Waals surface area (Å²) in [6.07, 6.45) is 1.11. The Hall–Kier alpha value is -1.35. The van der Waals surface area contributed by atoms with Crippen molar-refractivity contribution in [3.05, 3.63) is 34.9 Å². The lowest BCUT2D eigenvalue weighted by Crippen LogP contribution is -2.24. The van der Waals surface area contributed by atoms with Gasteiger partial charge in [-0.1, -0.05) is 50.9 Å². The molecule has 1 aromatic carbocycles. The Morgan fingerprint density at radius 1 is 1.19 bits per heavy atom. The van der Waals surface area contributed by atoms with E-state index in [1.807, 2.05) is 6.92 Å². The van der Waals surface area contributed by atoms with Crippen molar-refractivity contribution in [3.8, 4) is 0 Å². The van der Waals surface area contributed by atoms with Crippen LogP contribution in [0.4, 0.5) is 0 Å². The van der Waals surface area contributed by atoms with Crippen LogP contribution in [0.5, 0.6) is 0 Å². The molecule has 3 nitrogen and oxygen atoms in total. The Labute approximate surface area is 131 Å². The van der Waals surface area contributed by atoms with Crippen LogP contribution in [-0.4, -0.2) is 18.9 Å². The zero-order chi connectivity index (χ0) is 16.0. The lowest BCUT2D eigenvalue weighted by Gasteiger charge is -2.20. The van der Waals surface area contributed by atoms with E-state index in [9.17, 15) is 9.59 Å². The quantitative estimate of drug-likeness (QED) is 0.708. The number of benzene rings is 1. The van der Waals surface area contributed by atoms with E-state index in [1.54, 1.807) is 24.3 Å². The molecule has 0 aliphatic carbocycles. The fourth-order valence-electron chi connectivity index (χ4n) is 2.23. The van der Waals surface area contributed by atoms with Crippen molar-refractivity contribution in [3.63, 3.8) is 0 Å². The van der Waals surface area contributed by atoms with E-state index >= 15 is 0 Å². The summed E-state index contributed by atoms with van der Waals surface area (Å²) in [5.41, 5.74) is 0.760. The summed E-state index contributed by atoms with van der Waals surface area (Å²) in [5, 5.41) is 0.599. The SMILES string of the molecule is CC[C@H](C)[C@H](C)C(=O)C[C@H](C(=O)OC)c1ccc(Cl)cc1. The second kappa shape index (κ2) is 8.18. The number of ether oxygens (including phenoxy) is 1. The summed E-state index contributed by atoms with van der Waals surface area (Å²) < 4.78 is 4.84. The number of esters is 1. The van der Waals surface area contributed by atoms with Gasteiger partial charge in [0, 0.05) is 17.4 Å². The van der Waals surface area contributed by atoms with E-state index in [2.05, 4.69) is 13.8 Å². The Balaban J connectivity index is 2.92. The maximum atomic E-state index is 12.4. The van der Waals surface area contributed by atoms with Gasteiger partial charge in [-0.3, -0.25) is 9.59 Å². The van der Waals surface area contributed by atoms with Gasteiger partial charge >= 0.3 is 5.97 Å². The van der Waals surface area contributed by atoms with Crippen LogP contribution >= 0.6 is 11.6 Å². The molecule has 116 valence electrons. The molecule has 0 aromatic heterocycles. The van der Waals surface area contributed by atoms with Gasteiger partial charge in [-0.15, -0.1) is 0 Å².